The zero-order valence-corrected chi connectivity index (χ0v) is 15.2. The molecular formula is C22H20N2O3. The maximum absolute atomic E-state index is 13.5. The van der Waals surface area contributed by atoms with Gasteiger partial charge in [0.25, 0.3) is 5.91 Å². The molecule has 3 aromatic carbocycles. The molecule has 5 nitrogen and oxygen atoms in total. The molecule has 0 spiro atoms. The third-order valence-corrected chi connectivity index (χ3v) is 4.70. The van der Waals surface area contributed by atoms with Crippen LogP contribution in [-0.4, -0.2) is 20.1 Å². The second-order valence-corrected chi connectivity index (χ2v) is 6.18. The summed E-state index contributed by atoms with van der Waals surface area (Å²) in [5.41, 5.74) is 2.98. The number of carbonyl (C=O) groups excluding carboxylic acids is 1. The lowest BCUT2D eigenvalue weighted by Crippen LogP contribution is -2.43. The molecule has 5 heteroatoms. The molecule has 1 atom stereocenters. The number of para-hydroxylation sites is 4. The lowest BCUT2D eigenvalue weighted by molar-refractivity contribution is 0.0974. The number of hydrogen-bond acceptors (Lipinski definition) is 4. The van der Waals surface area contributed by atoms with E-state index < -0.39 is 6.17 Å². The number of anilines is 2. The number of nitrogens with one attached hydrogen (secondary N) is 1. The van der Waals surface area contributed by atoms with Gasteiger partial charge in [0.15, 0.2) is 0 Å². The second-order valence-electron chi connectivity index (χ2n) is 6.18. The molecule has 0 saturated heterocycles. The van der Waals surface area contributed by atoms with E-state index >= 15 is 0 Å². The number of methoxy groups -OCH3 is 2. The maximum atomic E-state index is 13.5. The van der Waals surface area contributed by atoms with Crippen molar-refractivity contribution < 1.29 is 14.3 Å². The number of fused-ring (bicyclic) bond motifs is 1. The van der Waals surface area contributed by atoms with Crippen LogP contribution in [0.2, 0.25) is 0 Å². The van der Waals surface area contributed by atoms with Crippen LogP contribution in [0.1, 0.15) is 22.1 Å². The molecule has 136 valence electrons. The van der Waals surface area contributed by atoms with Gasteiger partial charge in [-0.15, -0.1) is 0 Å². The Morgan fingerprint density at radius 3 is 2.22 bits per heavy atom. The number of nitrogens with zero attached hydrogens (tertiary/aromatic N) is 1. The van der Waals surface area contributed by atoms with Crippen LogP contribution < -0.4 is 19.7 Å². The molecule has 0 bridgehead atoms. The Bertz CT molecular complexity index is 987. The lowest BCUT2D eigenvalue weighted by Gasteiger charge is -2.39. The van der Waals surface area contributed by atoms with Crippen molar-refractivity contribution >= 4 is 17.3 Å². The van der Waals surface area contributed by atoms with Gasteiger partial charge in [-0.3, -0.25) is 9.69 Å². The van der Waals surface area contributed by atoms with Gasteiger partial charge in [-0.25, -0.2) is 0 Å². The van der Waals surface area contributed by atoms with Crippen LogP contribution in [0, 0.1) is 0 Å². The number of ether oxygens (including phenoxy) is 2. The Labute approximate surface area is 158 Å². The molecule has 0 unspecified atom stereocenters. The van der Waals surface area contributed by atoms with Gasteiger partial charge in [0.2, 0.25) is 0 Å². The van der Waals surface area contributed by atoms with Crippen molar-refractivity contribution in [1.82, 2.24) is 0 Å². The molecule has 0 saturated carbocycles. The van der Waals surface area contributed by atoms with Crippen LogP contribution in [0.3, 0.4) is 0 Å². The Balaban J connectivity index is 1.93. The smallest absolute Gasteiger partial charge is 0.262 e. The molecule has 1 amide bonds. The molecule has 27 heavy (non-hydrogen) atoms. The van der Waals surface area contributed by atoms with Crippen molar-refractivity contribution in [3.8, 4) is 11.5 Å². The minimum Gasteiger partial charge on any atom is -0.496 e. The van der Waals surface area contributed by atoms with Gasteiger partial charge < -0.3 is 14.8 Å². The average Bonchev–Trinajstić information content (AvgIpc) is 2.73. The van der Waals surface area contributed by atoms with E-state index in [4.69, 9.17) is 9.47 Å². The summed E-state index contributed by atoms with van der Waals surface area (Å²) in [6.07, 6.45) is -0.431. The Hall–Kier alpha value is -3.47. The third kappa shape index (κ3) is 2.87. The molecule has 1 aliphatic heterocycles. The average molecular weight is 360 g/mol. The third-order valence-electron chi connectivity index (χ3n) is 4.70. The maximum Gasteiger partial charge on any atom is 0.262 e. The van der Waals surface area contributed by atoms with Crippen molar-refractivity contribution in [2.75, 3.05) is 24.4 Å². The van der Waals surface area contributed by atoms with Crippen LogP contribution in [0.5, 0.6) is 11.5 Å². The Morgan fingerprint density at radius 1 is 0.815 bits per heavy atom. The summed E-state index contributed by atoms with van der Waals surface area (Å²) in [5, 5.41) is 3.49. The van der Waals surface area contributed by atoms with E-state index in [2.05, 4.69) is 5.32 Å². The summed E-state index contributed by atoms with van der Waals surface area (Å²) in [6.45, 7) is 0. The molecule has 1 aliphatic rings. The van der Waals surface area contributed by atoms with Crippen LogP contribution in [0.15, 0.2) is 72.8 Å². The van der Waals surface area contributed by atoms with E-state index in [0.717, 1.165) is 11.3 Å². The lowest BCUT2D eigenvalue weighted by atomic mass is 10.0. The molecular weight excluding hydrogens is 340 g/mol. The molecule has 1 N–H and O–H groups in total. The van der Waals surface area contributed by atoms with Crippen LogP contribution >= 0.6 is 0 Å². The monoisotopic (exact) mass is 360 g/mol. The van der Waals surface area contributed by atoms with Gasteiger partial charge in [-0.2, -0.15) is 0 Å². The highest BCUT2D eigenvalue weighted by molar-refractivity contribution is 6.12. The fourth-order valence-corrected chi connectivity index (χ4v) is 3.44. The molecule has 0 aliphatic carbocycles. The Kier molecular flexibility index (Phi) is 4.42. The highest BCUT2D eigenvalue weighted by Crippen LogP contribution is 2.42. The highest BCUT2D eigenvalue weighted by Gasteiger charge is 2.36. The summed E-state index contributed by atoms with van der Waals surface area (Å²) in [5.74, 6) is 1.25. The van der Waals surface area contributed by atoms with Gasteiger partial charge in [0.05, 0.1) is 25.5 Å². The second kappa shape index (κ2) is 7.03. The fourth-order valence-electron chi connectivity index (χ4n) is 3.44. The minimum atomic E-state index is -0.431. The number of rotatable bonds is 4. The molecule has 3 aromatic rings. The van der Waals surface area contributed by atoms with Crippen molar-refractivity contribution in [2.45, 2.75) is 6.17 Å². The Morgan fingerprint density at radius 2 is 1.44 bits per heavy atom. The van der Waals surface area contributed by atoms with Gasteiger partial charge in [-0.1, -0.05) is 42.5 Å². The quantitative estimate of drug-likeness (QED) is 0.746. The minimum absolute atomic E-state index is 0.0928. The van der Waals surface area contributed by atoms with Crippen molar-refractivity contribution in [2.24, 2.45) is 0 Å². The number of carbonyl (C=O) groups is 1. The SMILES string of the molecule is COc1ccccc1[C@H]1Nc2ccccc2C(=O)N1c1ccccc1OC. The van der Waals surface area contributed by atoms with E-state index in [1.165, 1.54) is 0 Å². The molecule has 0 radical (unpaired) electrons. The van der Waals surface area contributed by atoms with Crippen molar-refractivity contribution in [3.63, 3.8) is 0 Å². The van der Waals surface area contributed by atoms with Crippen LogP contribution in [-0.2, 0) is 0 Å². The van der Waals surface area contributed by atoms with Crippen LogP contribution in [0.4, 0.5) is 11.4 Å². The standard InChI is InChI=1S/C22H20N2O3/c1-26-19-13-7-4-10-16(19)21-23-17-11-5-3-9-15(17)22(25)24(21)18-12-6-8-14-20(18)27-2/h3-14,21,23H,1-2H3/t21-/m0/s1. The largest absolute Gasteiger partial charge is 0.496 e. The normalized spacial score (nSPS) is 15.7. The van der Waals surface area contributed by atoms with Gasteiger partial charge in [-0.05, 0) is 30.3 Å². The van der Waals surface area contributed by atoms with Gasteiger partial charge in [0, 0.05) is 11.3 Å². The highest BCUT2D eigenvalue weighted by atomic mass is 16.5. The first-order valence-corrected chi connectivity index (χ1v) is 8.69. The number of hydrogen-bond donors (Lipinski definition) is 1. The predicted molar refractivity (Wildman–Crippen MR) is 106 cm³/mol. The van der Waals surface area contributed by atoms with Crippen molar-refractivity contribution in [3.05, 3.63) is 83.9 Å². The summed E-state index contributed by atoms with van der Waals surface area (Å²) in [7, 11) is 3.23. The fraction of sp³-hybridized carbons (Fsp3) is 0.136. The molecule has 0 fully saturated rings. The summed E-state index contributed by atoms with van der Waals surface area (Å²) in [6, 6.07) is 22.7. The van der Waals surface area contributed by atoms with E-state index in [9.17, 15) is 4.79 Å². The number of amides is 1. The van der Waals surface area contributed by atoms with E-state index in [1.807, 2.05) is 72.8 Å². The molecule has 4 rings (SSSR count). The van der Waals surface area contributed by atoms with Crippen LogP contribution in [0.25, 0.3) is 0 Å². The number of benzene rings is 3. The predicted octanol–water partition coefficient (Wildman–Crippen LogP) is 4.47. The zero-order chi connectivity index (χ0) is 18.8. The zero-order valence-electron chi connectivity index (χ0n) is 15.2. The topological polar surface area (TPSA) is 50.8 Å². The van der Waals surface area contributed by atoms with Gasteiger partial charge in [0.1, 0.15) is 17.7 Å². The first-order valence-electron chi connectivity index (χ1n) is 8.69. The summed E-state index contributed by atoms with van der Waals surface area (Å²) in [4.78, 5) is 15.2. The van der Waals surface area contributed by atoms with Crippen molar-refractivity contribution in [1.29, 1.82) is 0 Å². The molecule has 0 aromatic heterocycles. The van der Waals surface area contributed by atoms with Gasteiger partial charge >= 0.3 is 0 Å². The van der Waals surface area contributed by atoms with E-state index in [0.29, 0.717) is 22.7 Å². The summed E-state index contributed by atoms with van der Waals surface area (Å²) >= 11 is 0. The van der Waals surface area contributed by atoms with E-state index in [1.54, 1.807) is 19.1 Å². The molecule has 1 heterocycles. The first-order chi connectivity index (χ1) is 13.2. The summed E-state index contributed by atoms with van der Waals surface area (Å²) < 4.78 is 11.1. The first kappa shape index (κ1) is 17.0. The van der Waals surface area contributed by atoms with E-state index in [-0.39, 0.29) is 5.91 Å².